The van der Waals surface area contributed by atoms with Gasteiger partial charge in [0.25, 0.3) is 11.8 Å². The van der Waals surface area contributed by atoms with Crippen molar-refractivity contribution in [1.29, 1.82) is 0 Å². The van der Waals surface area contributed by atoms with E-state index in [1.807, 2.05) is 37.3 Å². The summed E-state index contributed by atoms with van der Waals surface area (Å²) in [6, 6.07) is 17.1. The highest BCUT2D eigenvalue weighted by molar-refractivity contribution is 7.89. The van der Waals surface area contributed by atoms with Crippen LogP contribution in [0.2, 0.25) is 0 Å². The number of amides is 2. The maximum absolute atomic E-state index is 13.0. The maximum atomic E-state index is 13.0. The van der Waals surface area contributed by atoms with Crippen LogP contribution in [-0.4, -0.2) is 31.7 Å². The molecule has 0 unspecified atom stereocenters. The molecule has 0 radical (unpaired) electrons. The largest absolute Gasteiger partial charge is 0.274 e. The van der Waals surface area contributed by atoms with Crippen molar-refractivity contribution in [1.82, 2.24) is 9.62 Å². The Kier molecular flexibility index (Phi) is 5.40. The van der Waals surface area contributed by atoms with Gasteiger partial charge < -0.3 is 0 Å². The van der Waals surface area contributed by atoms with Crippen LogP contribution in [0.15, 0.2) is 65.6 Å². The fourth-order valence-electron chi connectivity index (χ4n) is 3.73. The SMILES string of the molecule is CCCCN1C(=O)c2cccc3c(S(=O)(=O)NCc4ccccc4)ccc(c23)C1=O. The lowest BCUT2D eigenvalue weighted by atomic mass is 9.94. The molecule has 3 aromatic carbocycles. The summed E-state index contributed by atoms with van der Waals surface area (Å²) >= 11 is 0. The van der Waals surface area contributed by atoms with Crippen LogP contribution in [0.3, 0.4) is 0 Å². The average Bonchev–Trinajstić information content (AvgIpc) is 2.76. The van der Waals surface area contributed by atoms with Gasteiger partial charge in [-0.1, -0.05) is 55.8 Å². The van der Waals surface area contributed by atoms with Crippen molar-refractivity contribution in [3.8, 4) is 0 Å². The van der Waals surface area contributed by atoms with Gasteiger partial charge in [-0.3, -0.25) is 14.5 Å². The van der Waals surface area contributed by atoms with Gasteiger partial charge in [-0.2, -0.15) is 0 Å². The number of carbonyl (C=O) groups excluding carboxylic acids is 2. The third-order valence-corrected chi connectivity index (χ3v) is 6.75. The molecule has 30 heavy (non-hydrogen) atoms. The molecule has 0 saturated heterocycles. The van der Waals surface area contributed by atoms with Crippen LogP contribution in [0.1, 0.15) is 46.0 Å². The van der Waals surface area contributed by atoms with Crippen LogP contribution in [0.25, 0.3) is 10.8 Å². The predicted octanol–water partition coefficient (Wildman–Crippen LogP) is 3.71. The van der Waals surface area contributed by atoms with Crippen LogP contribution in [0, 0.1) is 0 Å². The second-order valence-electron chi connectivity index (χ2n) is 7.27. The number of hydrogen-bond acceptors (Lipinski definition) is 4. The topological polar surface area (TPSA) is 83.6 Å². The Hall–Kier alpha value is -3.03. The molecule has 1 N–H and O–H groups in total. The summed E-state index contributed by atoms with van der Waals surface area (Å²) in [6.07, 6.45) is 1.58. The van der Waals surface area contributed by atoms with Crippen molar-refractivity contribution < 1.29 is 18.0 Å². The second kappa shape index (κ2) is 8.01. The minimum Gasteiger partial charge on any atom is -0.274 e. The number of carbonyl (C=O) groups is 2. The Labute approximate surface area is 175 Å². The highest BCUT2D eigenvalue weighted by Crippen LogP contribution is 2.34. The van der Waals surface area contributed by atoms with Gasteiger partial charge in [-0.05, 0) is 30.2 Å². The molecule has 1 aliphatic rings. The summed E-state index contributed by atoms with van der Waals surface area (Å²) < 4.78 is 28.7. The van der Waals surface area contributed by atoms with E-state index in [4.69, 9.17) is 0 Å². The fraction of sp³-hybridized carbons (Fsp3) is 0.217. The molecule has 3 aromatic rings. The van der Waals surface area contributed by atoms with Gasteiger partial charge in [0.1, 0.15) is 0 Å². The Morgan fingerprint density at radius 2 is 1.57 bits per heavy atom. The van der Waals surface area contributed by atoms with Crippen molar-refractivity contribution in [3.63, 3.8) is 0 Å². The highest BCUT2D eigenvalue weighted by Gasteiger charge is 2.34. The van der Waals surface area contributed by atoms with Crippen LogP contribution in [0.4, 0.5) is 0 Å². The molecule has 1 aliphatic heterocycles. The van der Waals surface area contributed by atoms with Gasteiger partial charge >= 0.3 is 0 Å². The third-order valence-electron chi connectivity index (χ3n) is 5.29. The molecule has 154 valence electrons. The molecule has 4 rings (SSSR count). The number of hydrogen-bond donors (Lipinski definition) is 1. The molecule has 0 aliphatic carbocycles. The number of unbranched alkanes of at least 4 members (excludes halogenated alkanes) is 1. The number of benzene rings is 3. The molecular weight excluding hydrogens is 400 g/mol. The van der Waals surface area contributed by atoms with Crippen LogP contribution in [-0.2, 0) is 16.6 Å². The van der Waals surface area contributed by atoms with Gasteiger partial charge in [0.2, 0.25) is 10.0 Å². The molecule has 0 atom stereocenters. The number of nitrogens with zero attached hydrogens (tertiary/aromatic N) is 1. The Morgan fingerprint density at radius 1 is 0.867 bits per heavy atom. The van der Waals surface area contributed by atoms with E-state index in [1.54, 1.807) is 18.2 Å². The first-order chi connectivity index (χ1) is 14.4. The lowest BCUT2D eigenvalue weighted by Crippen LogP contribution is -2.41. The predicted molar refractivity (Wildman–Crippen MR) is 115 cm³/mol. The zero-order valence-electron chi connectivity index (χ0n) is 16.6. The zero-order valence-corrected chi connectivity index (χ0v) is 17.4. The molecule has 2 amide bonds. The number of imide groups is 1. The smallest absolute Gasteiger partial charge is 0.261 e. The molecule has 6 nitrogen and oxygen atoms in total. The van der Waals surface area contributed by atoms with Gasteiger partial charge in [0.05, 0.1) is 4.90 Å². The van der Waals surface area contributed by atoms with E-state index in [0.717, 1.165) is 18.4 Å². The maximum Gasteiger partial charge on any atom is 0.261 e. The van der Waals surface area contributed by atoms with Crippen LogP contribution >= 0.6 is 0 Å². The molecular formula is C23H22N2O4S. The summed E-state index contributed by atoms with van der Waals surface area (Å²) in [5.41, 5.74) is 1.55. The molecule has 7 heteroatoms. The average molecular weight is 423 g/mol. The number of sulfonamides is 1. The highest BCUT2D eigenvalue weighted by atomic mass is 32.2. The van der Waals surface area contributed by atoms with Crippen molar-refractivity contribution in [2.45, 2.75) is 31.2 Å². The van der Waals surface area contributed by atoms with Crippen molar-refractivity contribution in [2.24, 2.45) is 0 Å². The summed E-state index contributed by atoms with van der Waals surface area (Å²) in [5.74, 6) is -0.753. The Balaban J connectivity index is 1.77. The summed E-state index contributed by atoms with van der Waals surface area (Å²) in [6.45, 7) is 2.49. The van der Waals surface area contributed by atoms with Crippen LogP contribution < -0.4 is 4.72 Å². The van der Waals surface area contributed by atoms with Crippen LogP contribution in [0.5, 0.6) is 0 Å². The molecule has 0 fully saturated rings. The molecule has 0 spiro atoms. The fourth-order valence-corrected chi connectivity index (χ4v) is 4.94. The quantitative estimate of drug-likeness (QED) is 0.588. The van der Waals surface area contributed by atoms with Gasteiger partial charge in [0, 0.05) is 35.0 Å². The monoisotopic (exact) mass is 422 g/mol. The van der Waals surface area contributed by atoms with Crippen molar-refractivity contribution in [2.75, 3.05) is 6.54 Å². The minimum absolute atomic E-state index is 0.0571. The number of rotatable bonds is 7. The van der Waals surface area contributed by atoms with E-state index < -0.39 is 10.0 Å². The Bertz CT molecular complexity index is 1210. The summed E-state index contributed by atoms with van der Waals surface area (Å²) in [4.78, 5) is 27.2. The molecule has 0 bridgehead atoms. The van der Waals surface area contributed by atoms with E-state index in [9.17, 15) is 18.0 Å². The van der Waals surface area contributed by atoms with Crippen molar-refractivity contribution >= 4 is 32.6 Å². The minimum atomic E-state index is -3.85. The first kappa shape index (κ1) is 20.3. The van der Waals surface area contributed by atoms with E-state index in [0.29, 0.717) is 28.4 Å². The third kappa shape index (κ3) is 3.51. The standard InChI is InChI=1S/C23H22N2O4S/c1-2-3-14-25-22(26)18-11-7-10-17-20(13-12-19(21(17)18)23(25)27)30(28,29)24-15-16-8-5-4-6-9-16/h4-13,24H,2-3,14-15H2,1H3. The zero-order chi connectivity index (χ0) is 21.3. The van der Waals surface area contributed by atoms with E-state index in [-0.39, 0.29) is 23.3 Å². The summed E-state index contributed by atoms with van der Waals surface area (Å²) in [7, 11) is -3.85. The van der Waals surface area contributed by atoms with E-state index in [2.05, 4.69) is 4.72 Å². The normalized spacial score (nSPS) is 13.8. The molecule has 0 saturated carbocycles. The van der Waals surface area contributed by atoms with Gasteiger partial charge in [0.15, 0.2) is 0 Å². The lowest BCUT2D eigenvalue weighted by molar-refractivity contribution is 0.0608. The first-order valence-corrected chi connectivity index (χ1v) is 11.4. The van der Waals surface area contributed by atoms with E-state index in [1.165, 1.54) is 17.0 Å². The van der Waals surface area contributed by atoms with Gasteiger partial charge in [-0.15, -0.1) is 0 Å². The summed E-state index contributed by atoms with van der Waals surface area (Å²) in [5, 5.41) is 0.783. The second-order valence-corrected chi connectivity index (χ2v) is 9.00. The van der Waals surface area contributed by atoms with E-state index >= 15 is 0 Å². The lowest BCUT2D eigenvalue weighted by Gasteiger charge is -2.27. The molecule has 0 aromatic heterocycles. The number of nitrogens with one attached hydrogen (secondary N) is 1. The Morgan fingerprint density at radius 3 is 2.27 bits per heavy atom. The van der Waals surface area contributed by atoms with Crippen molar-refractivity contribution in [3.05, 3.63) is 77.4 Å². The van der Waals surface area contributed by atoms with Gasteiger partial charge in [-0.25, -0.2) is 13.1 Å². The molecule has 1 heterocycles. The first-order valence-electron chi connectivity index (χ1n) is 9.89.